The number of hydrogen-bond donors (Lipinski definition) is 1. The van der Waals surface area contributed by atoms with Crippen LogP contribution in [-0.4, -0.2) is 70.3 Å². The van der Waals surface area contributed by atoms with Gasteiger partial charge >= 0.3 is 0 Å². The fourth-order valence-corrected chi connectivity index (χ4v) is 3.99. The number of piperazine rings is 1. The first-order valence-corrected chi connectivity index (χ1v) is 11.0. The third-order valence-corrected chi connectivity index (χ3v) is 5.82. The molecule has 11 heteroatoms. The van der Waals surface area contributed by atoms with Crippen LogP contribution in [0, 0.1) is 12.7 Å². The smallest absolute Gasteiger partial charge is 0.277 e. The van der Waals surface area contributed by atoms with E-state index in [4.69, 9.17) is 8.83 Å². The minimum absolute atomic E-state index is 0.0295. The number of hydrogen-bond acceptors (Lipinski definition) is 8. The summed E-state index contributed by atoms with van der Waals surface area (Å²) in [7, 11) is 0. The molecule has 0 bridgehead atoms. The summed E-state index contributed by atoms with van der Waals surface area (Å²) in [5.41, 5.74) is 1.15. The monoisotopic (exact) mass is 459 g/mol. The molecule has 1 aliphatic rings. The third kappa shape index (κ3) is 5.54. The first-order valence-electron chi connectivity index (χ1n) is 10.0. The van der Waals surface area contributed by atoms with Crippen molar-refractivity contribution in [1.82, 2.24) is 20.0 Å². The summed E-state index contributed by atoms with van der Waals surface area (Å²) in [5, 5.41) is 11.0. The van der Waals surface area contributed by atoms with Crippen molar-refractivity contribution in [1.29, 1.82) is 0 Å². The number of furan rings is 1. The van der Waals surface area contributed by atoms with Crippen LogP contribution in [0.5, 0.6) is 0 Å². The molecule has 0 radical (unpaired) electrons. The maximum atomic E-state index is 13.2. The summed E-state index contributed by atoms with van der Waals surface area (Å²) >= 11 is 1.19. The number of aryl methyl sites for hydroxylation is 1. The predicted octanol–water partition coefficient (Wildman–Crippen LogP) is 2.65. The Morgan fingerprint density at radius 2 is 2.00 bits per heavy atom. The lowest BCUT2D eigenvalue weighted by Gasteiger charge is -2.34. The Hall–Kier alpha value is -3.18. The second-order valence-electron chi connectivity index (χ2n) is 7.27. The van der Waals surface area contributed by atoms with Crippen molar-refractivity contribution in [2.24, 2.45) is 0 Å². The molecular formula is C21H22FN5O4S. The summed E-state index contributed by atoms with van der Waals surface area (Å²) < 4.78 is 24.1. The van der Waals surface area contributed by atoms with Crippen molar-refractivity contribution in [3.8, 4) is 11.5 Å². The molecule has 1 aromatic carbocycles. The molecule has 0 saturated carbocycles. The van der Waals surface area contributed by atoms with E-state index in [0.717, 1.165) is 5.56 Å². The van der Waals surface area contributed by atoms with Gasteiger partial charge in [0, 0.05) is 31.9 Å². The maximum absolute atomic E-state index is 13.2. The molecule has 0 spiro atoms. The summed E-state index contributed by atoms with van der Waals surface area (Å²) in [6.07, 6.45) is 1.55. The van der Waals surface area contributed by atoms with Gasteiger partial charge in [-0.25, -0.2) is 4.39 Å². The lowest BCUT2D eigenvalue weighted by Crippen LogP contribution is -2.50. The first-order chi connectivity index (χ1) is 15.5. The second-order valence-corrected chi connectivity index (χ2v) is 8.19. The molecule has 3 aromatic rings. The van der Waals surface area contributed by atoms with Gasteiger partial charge in [-0.1, -0.05) is 17.8 Å². The Morgan fingerprint density at radius 3 is 2.72 bits per heavy atom. The lowest BCUT2D eigenvalue weighted by molar-refractivity contribution is -0.130. The molecule has 168 valence electrons. The summed E-state index contributed by atoms with van der Waals surface area (Å²) in [6.45, 7) is 4.20. The number of halogens is 1. The van der Waals surface area contributed by atoms with Gasteiger partial charge in [-0.3, -0.25) is 14.5 Å². The van der Waals surface area contributed by atoms with Crippen molar-refractivity contribution in [3.05, 3.63) is 48.2 Å². The van der Waals surface area contributed by atoms with Crippen molar-refractivity contribution in [2.45, 2.75) is 12.1 Å². The van der Waals surface area contributed by atoms with Crippen LogP contribution in [0.1, 0.15) is 5.76 Å². The Labute approximate surface area is 188 Å². The molecule has 0 atom stereocenters. The Morgan fingerprint density at radius 1 is 1.19 bits per heavy atom. The number of carbonyl (C=O) groups excluding carboxylic acids is 2. The predicted molar refractivity (Wildman–Crippen MR) is 116 cm³/mol. The first kappa shape index (κ1) is 22.0. The average molecular weight is 460 g/mol. The second kappa shape index (κ2) is 9.96. The molecular weight excluding hydrogens is 437 g/mol. The molecule has 1 saturated heterocycles. The number of carbonyl (C=O) groups is 2. The van der Waals surface area contributed by atoms with Gasteiger partial charge in [0.25, 0.3) is 11.1 Å². The van der Waals surface area contributed by atoms with Crippen molar-refractivity contribution in [3.63, 3.8) is 0 Å². The molecule has 0 unspecified atom stereocenters. The standard InChI is InChI=1S/C21H22FN5O4S/c1-14-17(5-10-30-14)20-24-25-21(31-20)32-13-19(29)27-8-6-26(7-9-27)12-18(28)23-16-4-2-3-15(22)11-16/h2-5,10-11H,6-9,12-13H2,1H3,(H,23,28). The lowest BCUT2D eigenvalue weighted by atomic mass is 10.3. The number of nitrogens with zero attached hydrogens (tertiary/aromatic N) is 4. The van der Waals surface area contributed by atoms with Gasteiger partial charge in [-0.15, -0.1) is 10.2 Å². The number of amides is 2. The Kier molecular flexibility index (Phi) is 6.86. The van der Waals surface area contributed by atoms with Crippen LogP contribution in [-0.2, 0) is 9.59 Å². The molecule has 1 N–H and O–H groups in total. The van der Waals surface area contributed by atoms with E-state index in [1.807, 2.05) is 4.90 Å². The largest absolute Gasteiger partial charge is 0.469 e. The van der Waals surface area contributed by atoms with E-state index in [2.05, 4.69) is 15.5 Å². The fraction of sp³-hybridized carbons (Fsp3) is 0.333. The van der Waals surface area contributed by atoms with Gasteiger partial charge in [0.1, 0.15) is 11.6 Å². The molecule has 2 aromatic heterocycles. The Bertz CT molecular complexity index is 1090. The summed E-state index contributed by atoms with van der Waals surface area (Å²) in [6, 6.07) is 7.52. The zero-order valence-electron chi connectivity index (χ0n) is 17.4. The highest BCUT2D eigenvalue weighted by Gasteiger charge is 2.23. The molecule has 9 nitrogen and oxygen atoms in total. The minimum atomic E-state index is -0.402. The van der Waals surface area contributed by atoms with Gasteiger partial charge in [0.05, 0.1) is 24.1 Å². The zero-order valence-corrected chi connectivity index (χ0v) is 18.2. The normalized spacial score (nSPS) is 14.5. The van der Waals surface area contributed by atoms with E-state index in [0.29, 0.717) is 48.7 Å². The Balaban J connectivity index is 1.20. The molecule has 2 amide bonds. The van der Waals surface area contributed by atoms with E-state index in [1.54, 1.807) is 36.3 Å². The van der Waals surface area contributed by atoms with Crippen LogP contribution in [0.25, 0.3) is 11.5 Å². The van der Waals surface area contributed by atoms with Crippen LogP contribution >= 0.6 is 11.8 Å². The third-order valence-electron chi connectivity index (χ3n) is 5.02. The number of anilines is 1. The molecule has 4 rings (SSSR count). The van der Waals surface area contributed by atoms with Crippen molar-refractivity contribution in [2.75, 3.05) is 43.8 Å². The molecule has 0 aliphatic carbocycles. The molecule has 1 aliphatic heterocycles. The molecule has 32 heavy (non-hydrogen) atoms. The van der Waals surface area contributed by atoms with Gasteiger partial charge < -0.3 is 19.1 Å². The van der Waals surface area contributed by atoms with E-state index in [-0.39, 0.29) is 24.1 Å². The highest BCUT2D eigenvalue weighted by Crippen LogP contribution is 2.26. The number of benzene rings is 1. The highest BCUT2D eigenvalue weighted by atomic mass is 32.2. The van der Waals surface area contributed by atoms with E-state index >= 15 is 0 Å². The van der Waals surface area contributed by atoms with E-state index in [1.165, 1.54) is 23.9 Å². The molecule has 1 fully saturated rings. The van der Waals surface area contributed by atoms with Gasteiger partial charge in [0.2, 0.25) is 11.8 Å². The maximum Gasteiger partial charge on any atom is 0.277 e. The van der Waals surface area contributed by atoms with Crippen LogP contribution < -0.4 is 5.32 Å². The number of nitrogens with one attached hydrogen (secondary N) is 1. The van der Waals surface area contributed by atoms with E-state index in [9.17, 15) is 14.0 Å². The fourth-order valence-electron chi connectivity index (χ4n) is 3.32. The highest BCUT2D eigenvalue weighted by molar-refractivity contribution is 7.99. The van der Waals surface area contributed by atoms with Crippen LogP contribution in [0.2, 0.25) is 0 Å². The number of aromatic nitrogens is 2. The van der Waals surface area contributed by atoms with Crippen molar-refractivity contribution < 1.29 is 22.8 Å². The summed E-state index contributed by atoms with van der Waals surface area (Å²) in [5.74, 6) is 0.580. The van der Waals surface area contributed by atoms with Gasteiger partial charge in [-0.2, -0.15) is 0 Å². The van der Waals surface area contributed by atoms with Crippen LogP contribution in [0.4, 0.5) is 10.1 Å². The van der Waals surface area contributed by atoms with Gasteiger partial charge in [-0.05, 0) is 31.2 Å². The summed E-state index contributed by atoms with van der Waals surface area (Å²) in [4.78, 5) is 28.4. The number of thioether (sulfide) groups is 1. The molecule has 3 heterocycles. The van der Waals surface area contributed by atoms with Gasteiger partial charge in [0.15, 0.2) is 0 Å². The van der Waals surface area contributed by atoms with Crippen LogP contribution in [0.15, 0.2) is 50.7 Å². The van der Waals surface area contributed by atoms with Crippen LogP contribution in [0.3, 0.4) is 0 Å². The van der Waals surface area contributed by atoms with E-state index < -0.39 is 5.82 Å². The quantitative estimate of drug-likeness (QED) is 0.538. The SMILES string of the molecule is Cc1occc1-c1nnc(SCC(=O)N2CCN(CC(=O)Nc3cccc(F)c3)CC2)o1. The minimum Gasteiger partial charge on any atom is -0.469 e. The average Bonchev–Trinajstić information content (AvgIpc) is 3.41. The zero-order chi connectivity index (χ0) is 22.5. The topological polar surface area (TPSA) is 105 Å². The number of rotatable bonds is 7. The van der Waals surface area contributed by atoms with Crippen molar-refractivity contribution >= 4 is 29.3 Å².